The summed E-state index contributed by atoms with van der Waals surface area (Å²) in [6, 6.07) is 4.51. The molecule has 2 heterocycles. The normalized spacial score (nSPS) is 17.8. The Kier molecular flexibility index (Phi) is 2.90. The Morgan fingerprint density at radius 2 is 2.05 bits per heavy atom. The van der Waals surface area contributed by atoms with Gasteiger partial charge in [-0.15, -0.1) is 0 Å². The summed E-state index contributed by atoms with van der Waals surface area (Å²) in [7, 11) is 0. The van der Waals surface area contributed by atoms with E-state index in [2.05, 4.69) is 26.0 Å². The first-order valence-electron chi connectivity index (χ1n) is 7.15. The van der Waals surface area contributed by atoms with Crippen molar-refractivity contribution in [1.29, 1.82) is 0 Å². The van der Waals surface area contributed by atoms with Crippen molar-refractivity contribution in [1.82, 2.24) is 0 Å². The molecule has 1 aromatic rings. The van der Waals surface area contributed by atoms with Crippen molar-refractivity contribution in [2.24, 2.45) is 11.1 Å². The summed E-state index contributed by atoms with van der Waals surface area (Å²) < 4.78 is 0. The highest BCUT2D eigenvalue weighted by atomic mass is 16.2. The molecule has 0 fully saturated rings. The fourth-order valence-electron chi connectivity index (χ4n) is 3.28. The van der Waals surface area contributed by atoms with Gasteiger partial charge in [0.1, 0.15) is 0 Å². The maximum atomic E-state index is 12.0. The molecule has 0 aliphatic carbocycles. The predicted octanol–water partition coefficient (Wildman–Crippen LogP) is 2.05. The largest absolute Gasteiger partial charge is 0.330 e. The fraction of sp³-hybridized carbons (Fsp3) is 0.562. The second-order valence-electron chi connectivity index (χ2n) is 6.63. The van der Waals surface area contributed by atoms with Crippen molar-refractivity contribution in [3.8, 4) is 0 Å². The lowest BCUT2D eigenvalue weighted by Gasteiger charge is -2.27. The van der Waals surface area contributed by atoms with E-state index in [1.54, 1.807) is 0 Å². The van der Waals surface area contributed by atoms with Gasteiger partial charge in [-0.2, -0.15) is 0 Å². The summed E-state index contributed by atoms with van der Waals surface area (Å²) >= 11 is 0. The van der Waals surface area contributed by atoms with Crippen molar-refractivity contribution in [3.05, 3.63) is 28.8 Å². The van der Waals surface area contributed by atoms with Crippen LogP contribution in [0.4, 0.5) is 5.69 Å². The molecule has 19 heavy (non-hydrogen) atoms. The molecular formula is C16H22N2O. The van der Waals surface area contributed by atoms with E-state index in [0.29, 0.717) is 13.0 Å². The van der Waals surface area contributed by atoms with Crippen LogP contribution in [0.5, 0.6) is 0 Å². The summed E-state index contributed by atoms with van der Waals surface area (Å²) in [5.74, 6) is 0.270. The van der Waals surface area contributed by atoms with E-state index in [-0.39, 0.29) is 11.3 Å². The van der Waals surface area contributed by atoms with Crippen LogP contribution in [-0.4, -0.2) is 19.0 Å². The van der Waals surface area contributed by atoms with Crippen LogP contribution < -0.4 is 10.6 Å². The number of rotatable bonds is 3. The van der Waals surface area contributed by atoms with Gasteiger partial charge in [-0.3, -0.25) is 4.79 Å². The van der Waals surface area contributed by atoms with Crippen molar-refractivity contribution in [2.45, 2.75) is 39.5 Å². The van der Waals surface area contributed by atoms with Crippen LogP contribution in [-0.2, 0) is 24.1 Å². The Labute approximate surface area is 114 Å². The van der Waals surface area contributed by atoms with Crippen LogP contribution in [0.15, 0.2) is 12.1 Å². The van der Waals surface area contributed by atoms with Crippen molar-refractivity contribution in [3.63, 3.8) is 0 Å². The third-order valence-electron chi connectivity index (χ3n) is 4.30. The Balaban J connectivity index is 1.99. The lowest BCUT2D eigenvalue weighted by molar-refractivity contribution is -0.117. The summed E-state index contributed by atoms with van der Waals surface area (Å²) in [5, 5.41) is 0. The number of carbonyl (C=O) groups excluding carboxylic acids is 1. The van der Waals surface area contributed by atoms with Gasteiger partial charge in [0.15, 0.2) is 0 Å². The fourth-order valence-corrected chi connectivity index (χ4v) is 3.28. The number of nitrogens with two attached hydrogens (primary N) is 1. The number of benzene rings is 1. The molecule has 0 unspecified atom stereocenters. The molecule has 1 aromatic carbocycles. The zero-order valence-electron chi connectivity index (χ0n) is 11.8. The maximum Gasteiger partial charge on any atom is 0.231 e. The van der Waals surface area contributed by atoms with Gasteiger partial charge in [-0.25, -0.2) is 0 Å². The highest BCUT2D eigenvalue weighted by molar-refractivity contribution is 6.02. The first-order valence-corrected chi connectivity index (χ1v) is 7.15. The molecule has 102 valence electrons. The third-order valence-corrected chi connectivity index (χ3v) is 4.30. The van der Waals surface area contributed by atoms with Crippen LogP contribution in [0, 0.1) is 5.41 Å². The van der Waals surface area contributed by atoms with Crippen LogP contribution in [0.3, 0.4) is 0 Å². The molecule has 2 aliphatic rings. The van der Waals surface area contributed by atoms with E-state index in [0.717, 1.165) is 25.8 Å². The van der Waals surface area contributed by atoms with Gasteiger partial charge in [0, 0.05) is 6.54 Å². The summed E-state index contributed by atoms with van der Waals surface area (Å²) in [6.45, 7) is 5.98. The summed E-state index contributed by atoms with van der Waals surface area (Å²) in [4.78, 5) is 14.0. The van der Waals surface area contributed by atoms with E-state index in [9.17, 15) is 4.79 Å². The Bertz CT molecular complexity index is 534. The molecule has 0 atom stereocenters. The molecule has 3 nitrogen and oxygen atoms in total. The minimum Gasteiger partial charge on any atom is -0.330 e. The number of anilines is 1. The minimum absolute atomic E-state index is 0.123. The second-order valence-corrected chi connectivity index (χ2v) is 6.63. The molecule has 0 radical (unpaired) electrons. The number of nitrogens with zero attached hydrogens (tertiary/aromatic N) is 1. The zero-order chi connectivity index (χ0) is 13.6. The van der Waals surface area contributed by atoms with Crippen LogP contribution in [0.1, 0.15) is 37.0 Å². The zero-order valence-corrected chi connectivity index (χ0v) is 11.8. The van der Waals surface area contributed by atoms with E-state index in [1.165, 1.54) is 22.4 Å². The van der Waals surface area contributed by atoms with Crippen molar-refractivity contribution < 1.29 is 4.79 Å². The summed E-state index contributed by atoms with van der Waals surface area (Å²) in [5.41, 5.74) is 11.1. The molecule has 0 aromatic heterocycles. The minimum atomic E-state index is 0.123. The Hall–Kier alpha value is -1.35. The molecule has 1 amide bonds. The number of aryl methyl sites for hydroxylation is 1. The van der Waals surface area contributed by atoms with Gasteiger partial charge in [-0.05, 0) is 47.9 Å². The van der Waals surface area contributed by atoms with Gasteiger partial charge >= 0.3 is 0 Å². The van der Waals surface area contributed by atoms with Gasteiger partial charge in [0.05, 0.1) is 12.1 Å². The van der Waals surface area contributed by atoms with Crippen LogP contribution in [0.2, 0.25) is 0 Å². The molecule has 0 bridgehead atoms. The average Bonchev–Trinajstić information content (AvgIpc) is 2.67. The van der Waals surface area contributed by atoms with Gasteiger partial charge < -0.3 is 10.6 Å². The molecule has 2 aliphatic heterocycles. The van der Waals surface area contributed by atoms with Crippen molar-refractivity contribution in [2.75, 3.05) is 18.0 Å². The number of carbonyl (C=O) groups is 1. The van der Waals surface area contributed by atoms with Crippen molar-refractivity contribution >= 4 is 11.6 Å². The monoisotopic (exact) mass is 258 g/mol. The smallest absolute Gasteiger partial charge is 0.231 e. The molecular weight excluding hydrogens is 236 g/mol. The molecule has 0 spiro atoms. The first-order chi connectivity index (χ1) is 9.00. The highest BCUT2D eigenvalue weighted by Gasteiger charge is 2.32. The van der Waals surface area contributed by atoms with Gasteiger partial charge in [0.2, 0.25) is 5.91 Å². The number of hydrogen-bond donors (Lipinski definition) is 1. The average molecular weight is 258 g/mol. The molecule has 0 saturated carbocycles. The second kappa shape index (κ2) is 4.34. The third kappa shape index (κ3) is 2.16. The lowest BCUT2D eigenvalue weighted by atomic mass is 9.84. The van der Waals surface area contributed by atoms with Crippen LogP contribution >= 0.6 is 0 Å². The molecule has 3 heteroatoms. The lowest BCUT2D eigenvalue weighted by Crippen LogP contribution is -2.31. The standard InChI is InChI=1S/C16H22N2O/c1-16(2,10-17)9-11-6-12-4-3-5-18-14(19)8-13(7-11)15(12)18/h6-7H,3-5,8-10,17H2,1-2H3. The molecule has 2 N–H and O–H groups in total. The first kappa shape index (κ1) is 12.7. The number of hydrogen-bond acceptors (Lipinski definition) is 2. The van der Waals surface area contributed by atoms with E-state index >= 15 is 0 Å². The Morgan fingerprint density at radius 3 is 2.79 bits per heavy atom. The molecule has 3 rings (SSSR count). The maximum absolute atomic E-state index is 12.0. The molecule has 0 saturated heterocycles. The topological polar surface area (TPSA) is 46.3 Å². The van der Waals surface area contributed by atoms with E-state index in [4.69, 9.17) is 5.73 Å². The Morgan fingerprint density at radius 1 is 1.32 bits per heavy atom. The predicted molar refractivity (Wildman–Crippen MR) is 77.4 cm³/mol. The number of amides is 1. The van der Waals surface area contributed by atoms with E-state index < -0.39 is 0 Å². The quantitative estimate of drug-likeness (QED) is 0.902. The SMILES string of the molecule is CC(C)(CN)Cc1cc2c3c(c1)CC(=O)N3CCC2. The summed E-state index contributed by atoms with van der Waals surface area (Å²) in [6.07, 6.45) is 3.75. The van der Waals surface area contributed by atoms with Gasteiger partial charge in [0.25, 0.3) is 0 Å². The highest BCUT2D eigenvalue weighted by Crippen LogP contribution is 2.38. The van der Waals surface area contributed by atoms with E-state index in [1.807, 2.05) is 4.90 Å². The van der Waals surface area contributed by atoms with Crippen LogP contribution in [0.25, 0.3) is 0 Å². The van der Waals surface area contributed by atoms with Gasteiger partial charge in [-0.1, -0.05) is 26.0 Å².